The average Bonchev–Trinajstić information content (AvgIpc) is 3.18. The van der Waals surface area contributed by atoms with Crippen LogP contribution in [0.4, 0.5) is 5.69 Å². The molecule has 0 aliphatic heterocycles. The molecule has 0 spiro atoms. The van der Waals surface area contributed by atoms with Crippen molar-refractivity contribution in [2.75, 3.05) is 0 Å². The number of imidazole rings is 1. The molecule has 0 fully saturated rings. The summed E-state index contributed by atoms with van der Waals surface area (Å²) in [6.07, 6.45) is 1.39. The third kappa shape index (κ3) is 3.20. The monoisotopic (exact) mass is 456 g/mol. The van der Waals surface area contributed by atoms with E-state index in [1.807, 2.05) is 18.2 Å². The van der Waals surface area contributed by atoms with E-state index < -0.39 is 10.1 Å². The molecule has 0 bridgehead atoms. The van der Waals surface area contributed by atoms with Gasteiger partial charge < -0.3 is 4.98 Å². The van der Waals surface area contributed by atoms with Crippen LogP contribution in [0.1, 0.15) is 16.7 Å². The summed E-state index contributed by atoms with van der Waals surface area (Å²) in [7, 11) is -4.42. The number of aromatic amines is 1. The van der Waals surface area contributed by atoms with E-state index >= 15 is 0 Å². The number of aliphatic imine (C=N–C) groups is 1. The highest BCUT2D eigenvalue weighted by Gasteiger charge is 2.18. The normalized spacial score (nSPS) is 12.2. The molecule has 5 rings (SSSR count). The summed E-state index contributed by atoms with van der Waals surface area (Å²) >= 11 is 0. The van der Waals surface area contributed by atoms with Gasteiger partial charge in [-0.1, -0.05) is 36.4 Å². The third-order valence-corrected chi connectivity index (χ3v) is 6.57. The summed E-state index contributed by atoms with van der Waals surface area (Å²) in [4.78, 5) is 20.8. The Balaban J connectivity index is 1.77. The van der Waals surface area contributed by atoms with Gasteiger partial charge in [0, 0.05) is 17.0 Å². The fraction of sp³-hybridized carbons (Fsp3) is 0.0417. The molecule has 3 aromatic carbocycles. The second-order valence-electron chi connectivity index (χ2n) is 7.52. The first-order chi connectivity index (χ1) is 15.8. The van der Waals surface area contributed by atoms with Crippen LogP contribution in [-0.2, 0) is 10.1 Å². The summed E-state index contributed by atoms with van der Waals surface area (Å²) in [5.41, 5.74) is 2.94. The van der Waals surface area contributed by atoms with Crippen LogP contribution in [0.2, 0.25) is 0 Å². The molecule has 2 aromatic heterocycles. The van der Waals surface area contributed by atoms with Gasteiger partial charge >= 0.3 is 0 Å². The summed E-state index contributed by atoms with van der Waals surface area (Å²) < 4.78 is 34.5. The SMILES string of the molecule is Cc1c(C=Nc2ccc(S(=O)(=O)O)c3ccccc23)c(=O)n2c([nH]c3ccccc32)c1C#N. The molecule has 9 heteroatoms. The molecule has 0 saturated carbocycles. The van der Waals surface area contributed by atoms with Crippen molar-refractivity contribution in [1.29, 1.82) is 5.26 Å². The molecule has 0 aliphatic carbocycles. The first-order valence-corrected chi connectivity index (χ1v) is 11.3. The van der Waals surface area contributed by atoms with Crippen molar-refractivity contribution < 1.29 is 13.0 Å². The average molecular weight is 456 g/mol. The topological polar surface area (TPSA) is 128 Å². The zero-order chi connectivity index (χ0) is 23.3. The van der Waals surface area contributed by atoms with Gasteiger partial charge in [0.15, 0.2) is 0 Å². The maximum Gasteiger partial charge on any atom is 0.295 e. The Bertz CT molecular complexity index is 1840. The molecule has 5 aromatic rings. The van der Waals surface area contributed by atoms with Crippen molar-refractivity contribution in [1.82, 2.24) is 9.38 Å². The number of rotatable bonds is 3. The first kappa shape index (κ1) is 20.6. The fourth-order valence-corrected chi connectivity index (χ4v) is 4.77. The number of para-hydroxylation sites is 2. The number of nitrogens with zero attached hydrogens (tertiary/aromatic N) is 3. The molecule has 0 radical (unpaired) electrons. The van der Waals surface area contributed by atoms with Crippen LogP contribution in [-0.4, -0.2) is 28.6 Å². The van der Waals surface area contributed by atoms with Crippen LogP contribution < -0.4 is 5.56 Å². The van der Waals surface area contributed by atoms with Gasteiger partial charge in [0.2, 0.25) is 0 Å². The predicted octanol–water partition coefficient (Wildman–Crippen LogP) is 4.11. The number of nitrogens with one attached hydrogen (secondary N) is 1. The van der Waals surface area contributed by atoms with Crippen LogP contribution in [0.5, 0.6) is 0 Å². The molecule has 33 heavy (non-hydrogen) atoms. The highest BCUT2D eigenvalue weighted by atomic mass is 32.2. The Hall–Kier alpha value is -4.26. The van der Waals surface area contributed by atoms with E-state index in [1.165, 1.54) is 22.7 Å². The second kappa shape index (κ2) is 7.41. The molecule has 2 heterocycles. The highest BCUT2D eigenvalue weighted by molar-refractivity contribution is 7.86. The number of pyridine rings is 1. The standard InChI is InChI=1S/C24H16N4O4S/c1-14-17(12-25)23-27-20-8-4-5-9-21(20)28(23)24(29)18(14)13-26-19-10-11-22(33(30,31)32)16-7-3-2-6-15(16)19/h2-11,13,27H,1H3,(H,30,31,32). The van der Waals surface area contributed by atoms with E-state index in [-0.39, 0.29) is 16.0 Å². The van der Waals surface area contributed by atoms with Crippen LogP contribution in [0.3, 0.4) is 0 Å². The minimum absolute atomic E-state index is 0.222. The number of fused-ring (bicyclic) bond motifs is 4. The van der Waals surface area contributed by atoms with Crippen molar-refractivity contribution in [3.05, 3.63) is 87.7 Å². The van der Waals surface area contributed by atoms with Crippen molar-refractivity contribution in [2.45, 2.75) is 11.8 Å². The van der Waals surface area contributed by atoms with E-state index in [1.54, 1.807) is 37.3 Å². The zero-order valence-corrected chi connectivity index (χ0v) is 18.1. The largest absolute Gasteiger partial charge is 0.338 e. The number of benzene rings is 3. The van der Waals surface area contributed by atoms with E-state index in [0.29, 0.717) is 38.8 Å². The minimum atomic E-state index is -4.42. The zero-order valence-electron chi connectivity index (χ0n) is 17.3. The van der Waals surface area contributed by atoms with Gasteiger partial charge in [0.05, 0.1) is 27.8 Å². The molecule has 0 atom stereocenters. The van der Waals surface area contributed by atoms with Crippen molar-refractivity contribution in [3.8, 4) is 6.07 Å². The molecule has 0 unspecified atom stereocenters. The second-order valence-corrected chi connectivity index (χ2v) is 8.91. The van der Waals surface area contributed by atoms with Crippen LogP contribution in [0, 0.1) is 18.3 Å². The minimum Gasteiger partial charge on any atom is -0.338 e. The van der Waals surface area contributed by atoms with E-state index in [2.05, 4.69) is 16.0 Å². The Labute approximate surface area is 187 Å². The molecule has 0 amide bonds. The van der Waals surface area contributed by atoms with Gasteiger partial charge in [0.25, 0.3) is 15.7 Å². The number of nitriles is 1. The van der Waals surface area contributed by atoms with Crippen molar-refractivity contribution >= 4 is 49.5 Å². The molecule has 0 aliphatic rings. The molecule has 0 saturated heterocycles. The lowest BCUT2D eigenvalue weighted by atomic mass is 10.1. The molecular formula is C24H16N4O4S. The quantitative estimate of drug-likeness (QED) is 0.312. The lowest BCUT2D eigenvalue weighted by molar-refractivity contribution is 0.484. The fourth-order valence-electron chi connectivity index (χ4n) is 4.07. The number of hydrogen-bond donors (Lipinski definition) is 2. The number of H-pyrrole nitrogens is 1. The van der Waals surface area contributed by atoms with Crippen LogP contribution in [0.15, 0.2) is 75.3 Å². The van der Waals surface area contributed by atoms with Gasteiger partial charge in [-0.2, -0.15) is 13.7 Å². The number of aromatic nitrogens is 2. The van der Waals surface area contributed by atoms with Gasteiger partial charge in [-0.25, -0.2) is 0 Å². The van der Waals surface area contributed by atoms with Crippen molar-refractivity contribution in [3.63, 3.8) is 0 Å². The molecular weight excluding hydrogens is 440 g/mol. The third-order valence-electron chi connectivity index (χ3n) is 5.65. The smallest absolute Gasteiger partial charge is 0.295 e. The van der Waals surface area contributed by atoms with Gasteiger partial charge in [-0.05, 0) is 36.8 Å². The first-order valence-electron chi connectivity index (χ1n) is 9.90. The molecule has 162 valence electrons. The summed E-state index contributed by atoms with van der Waals surface area (Å²) in [6.45, 7) is 1.69. The van der Waals surface area contributed by atoms with Crippen LogP contribution >= 0.6 is 0 Å². The van der Waals surface area contributed by atoms with E-state index in [4.69, 9.17) is 0 Å². The van der Waals surface area contributed by atoms with Crippen molar-refractivity contribution in [2.24, 2.45) is 4.99 Å². The number of hydrogen-bond acceptors (Lipinski definition) is 5. The predicted molar refractivity (Wildman–Crippen MR) is 126 cm³/mol. The van der Waals surface area contributed by atoms with E-state index in [9.17, 15) is 23.0 Å². The Morgan fingerprint density at radius 1 is 1.06 bits per heavy atom. The Kier molecular flexibility index (Phi) is 4.63. The lowest BCUT2D eigenvalue weighted by Crippen LogP contribution is -2.20. The van der Waals surface area contributed by atoms with E-state index in [0.717, 1.165) is 5.52 Å². The maximum absolute atomic E-state index is 13.4. The van der Waals surface area contributed by atoms with Gasteiger partial charge in [-0.15, -0.1) is 0 Å². The molecule has 2 N–H and O–H groups in total. The molecule has 8 nitrogen and oxygen atoms in total. The maximum atomic E-state index is 13.4. The van der Waals surface area contributed by atoms with Gasteiger partial charge in [-0.3, -0.25) is 18.7 Å². The van der Waals surface area contributed by atoms with Crippen LogP contribution in [0.25, 0.3) is 27.5 Å². The lowest BCUT2D eigenvalue weighted by Gasteiger charge is -2.08. The summed E-state index contributed by atoms with van der Waals surface area (Å²) in [6, 6.07) is 18.8. The summed E-state index contributed by atoms with van der Waals surface area (Å²) in [5, 5.41) is 10.6. The Morgan fingerprint density at radius 2 is 1.76 bits per heavy atom. The highest BCUT2D eigenvalue weighted by Crippen LogP contribution is 2.31. The summed E-state index contributed by atoms with van der Waals surface area (Å²) in [5.74, 6) is 0. The Morgan fingerprint density at radius 3 is 2.48 bits per heavy atom. The van der Waals surface area contributed by atoms with Gasteiger partial charge in [0.1, 0.15) is 16.6 Å².